The van der Waals surface area contributed by atoms with Crippen molar-refractivity contribution in [3.05, 3.63) is 29.8 Å². The van der Waals surface area contributed by atoms with Gasteiger partial charge in [0.05, 0.1) is 5.92 Å². The summed E-state index contributed by atoms with van der Waals surface area (Å²) >= 11 is 0. The van der Waals surface area contributed by atoms with Crippen LogP contribution in [-0.2, 0) is 11.2 Å². The van der Waals surface area contributed by atoms with E-state index in [1.807, 2.05) is 24.3 Å². The summed E-state index contributed by atoms with van der Waals surface area (Å²) in [5.74, 6) is 1.61. The molecule has 1 aliphatic heterocycles. The van der Waals surface area contributed by atoms with Crippen molar-refractivity contribution >= 4 is 5.91 Å². The molecule has 1 aliphatic rings. The molecule has 1 heterocycles. The minimum Gasteiger partial charge on any atom is -0.492 e. The van der Waals surface area contributed by atoms with Crippen LogP contribution in [0.1, 0.15) is 25.8 Å². The topological polar surface area (TPSA) is 38.3 Å². The molecule has 0 fully saturated rings. The molecular formula is C15H21NO2. The zero-order valence-corrected chi connectivity index (χ0v) is 11.1. The molecule has 3 heteroatoms. The molecule has 2 rings (SSSR count). The molecule has 1 amide bonds. The number of carbonyl (C=O) groups is 1. The molecule has 1 atom stereocenters. The molecule has 0 saturated carbocycles. The number of benzene rings is 1. The Balaban J connectivity index is 1.87. The minimum atomic E-state index is -0.0490. The van der Waals surface area contributed by atoms with Gasteiger partial charge in [0.1, 0.15) is 12.4 Å². The summed E-state index contributed by atoms with van der Waals surface area (Å²) in [7, 11) is 0. The molecule has 0 bridgehead atoms. The smallest absolute Gasteiger partial charge is 0.226 e. The van der Waals surface area contributed by atoms with Gasteiger partial charge in [0, 0.05) is 6.54 Å². The van der Waals surface area contributed by atoms with E-state index < -0.39 is 0 Å². The molecule has 0 unspecified atom stereocenters. The highest BCUT2D eigenvalue weighted by Crippen LogP contribution is 2.26. The van der Waals surface area contributed by atoms with Crippen LogP contribution in [0.5, 0.6) is 5.75 Å². The van der Waals surface area contributed by atoms with E-state index in [-0.39, 0.29) is 11.8 Å². The predicted molar refractivity (Wildman–Crippen MR) is 71.6 cm³/mol. The van der Waals surface area contributed by atoms with Crippen molar-refractivity contribution in [1.29, 1.82) is 0 Å². The normalized spacial score (nSPS) is 18.1. The summed E-state index contributed by atoms with van der Waals surface area (Å²) in [5.41, 5.74) is 1.13. The van der Waals surface area contributed by atoms with Crippen LogP contribution in [0.4, 0.5) is 0 Å². The van der Waals surface area contributed by atoms with Gasteiger partial charge in [-0.1, -0.05) is 32.0 Å². The largest absolute Gasteiger partial charge is 0.492 e. The van der Waals surface area contributed by atoms with Crippen LogP contribution in [0.15, 0.2) is 24.3 Å². The third kappa shape index (κ3) is 3.25. The Morgan fingerprint density at radius 1 is 1.44 bits per heavy atom. The SMILES string of the molecule is CC(C)CCNC(=O)[C@@H]1COc2ccccc2C1. The van der Waals surface area contributed by atoms with Crippen molar-refractivity contribution in [2.75, 3.05) is 13.2 Å². The van der Waals surface area contributed by atoms with Gasteiger partial charge < -0.3 is 10.1 Å². The van der Waals surface area contributed by atoms with Gasteiger partial charge in [-0.05, 0) is 30.4 Å². The Bertz CT molecular complexity index is 415. The number of hydrogen-bond acceptors (Lipinski definition) is 2. The maximum absolute atomic E-state index is 12.0. The quantitative estimate of drug-likeness (QED) is 0.887. The highest BCUT2D eigenvalue weighted by molar-refractivity contribution is 5.79. The van der Waals surface area contributed by atoms with Crippen molar-refractivity contribution in [3.8, 4) is 5.75 Å². The fourth-order valence-electron chi connectivity index (χ4n) is 2.12. The van der Waals surface area contributed by atoms with Crippen LogP contribution in [0.3, 0.4) is 0 Å². The Labute approximate surface area is 109 Å². The van der Waals surface area contributed by atoms with E-state index in [1.54, 1.807) is 0 Å². The lowest BCUT2D eigenvalue weighted by molar-refractivity contribution is -0.126. The van der Waals surface area contributed by atoms with Gasteiger partial charge in [-0.15, -0.1) is 0 Å². The summed E-state index contributed by atoms with van der Waals surface area (Å²) in [4.78, 5) is 12.0. The Kier molecular flexibility index (Phi) is 4.24. The van der Waals surface area contributed by atoms with E-state index in [0.29, 0.717) is 12.5 Å². The van der Waals surface area contributed by atoms with Crippen molar-refractivity contribution in [1.82, 2.24) is 5.32 Å². The Morgan fingerprint density at radius 3 is 3.00 bits per heavy atom. The zero-order chi connectivity index (χ0) is 13.0. The van der Waals surface area contributed by atoms with Gasteiger partial charge in [0.25, 0.3) is 0 Å². The number of ether oxygens (including phenoxy) is 1. The van der Waals surface area contributed by atoms with Crippen LogP contribution >= 0.6 is 0 Å². The summed E-state index contributed by atoms with van der Waals surface area (Å²) in [6.45, 7) is 5.57. The molecule has 0 aromatic heterocycles. The van der Waals surface area contributed by atoms with Crippen LogP contribution in [0.2, 0.25) is 0 Å². The van der Waals surface area contributed by atoms with Crippen molar-refractivity contribution < 1.29 is 9.53 Å². The number of para-hydroxylation sites is 1. The zero-order valence-electron chi connectivity index (χ0n) is 11.1. The lowest BCUT2D eigenvalue weighted by atomic mass is 9.96. The first-order valence-electron chi connectivity index (χ1n) is 6.65. The molecule has 1 aromatic rings. The predicted octanol–water partition coefficient (Wildman–Crippen LogP) is 2.40. The fraction of sp³-hybridized carbons (Fsp3) is 0.533. The van der Waals surface area contributed by atoms with Gasteiger partial charge in [0.2, 0.25) is 5.91 Å². The number of carbonyl (C=O) groups excluding carboxylic acids is 1. The highest BCUT2D eigenvalue weighted by atomic mass is 16.5. The molecule has 1 aromatic carbocycles. The summed E-state index contributed by atoms with van der Waals surface area (Å²) < 4.78 is 5.62. The van der Waals surface area contributed by atoms with E-state index in [1.165, 1.54) is 0 Å². The second-order valence-corrected chi connectivity index (χ2v) is 5.29. The van der Waals surface area contributed by atoms with Gasteiger partial charge in [-0.3, -0.25) is 4.79 Å². The standard InChI is InChI=1S/C15H21NO2/c1-11(2)7-8-16-15(17)13-9-12-5-3-4-6-14(12)18-10-13/h3-6,11,13H,7-10H2,1-2H3,(H,16,17)/t13-/m0/s1. The van der Waals surface area contributed by atoms with Crippen LogP contribution in [0.25, 0.3) is 0 Å². The van der Waals surface area contributed by atoms with E-state index in [0.717, 1.165) is 30.7 Å². The molecule has 0 aliphatic carbocycles. The van der Waals surface area contributed by atoms with Gasteiger partial charge in [-0.2, -0.15) is 0 Å². The summed E-state index contributed by atoms with van der Waals surface area (Å²) in [5, 5.41) is 3.00. The molecule has 3 nitrogen and oxygen atoms in total. The molecule has 0 spiro atoms. The lowest BCUT2D eigenvalue weighted by Crippen LogP contribution is -2.38. The highest BCUT2D eigenvalue weighted by Gasteiger charge is 2.25. The van der Waals surface area contributed by atoms with E-state index in [9.17, 15) is 4.79 Å². The molecule has 0 saturated heterocycles. The first kappa shape index (κ1) is 12.9. The Morgan fingerprint density at radius 2 is 2.22 bits per heavy atom. The molecular weight excluding hydrogens is 226 g/mol. The molecule has 0 radical (unpaired) electrons. The van der Waals surface area contributed by atoms with Gasteiger partial charge in [-0.25, -0.2) is 0 Å². The van der Waals surface area contributed by atoms with Crippen molar-refractivity contribution in [3.63, 3.8) is 0 Å². The van der Waals surface area contributed by atoms with Crippen LogP contribution < -0.4 is 10.1 Å². The average Bonchev–Trinajstić information content (AvgIpc) is 2.37. The third-order valence-electron chi connectivity index (χ3n) is 3.27. The third-order valence-corrected chi connectivity index (χ3v) is 3.27. The second-order valence-electron chi connectivity index (χ2n) is 5.29. The first-order valence-corrected chi connectivity index (χ1v) is 6.65. The molecule has 98 valence electrons. The Hall–Kier alpha value is -1.51. The van der Waals surface area contributed by atoms with Crippen molar-refractivity contribution in [2.45, 2.75) is 26.7 Å². The van der Waals surface area contributed by atoms with Crippen LogP contribution in [0, 0.1) is 11.8 Å². The number of fused-ring (bicyclic) bond motifs is 1. The average molecular weight is 247 g/mol. The van der Waals surface area contributed by atoms with Crippen LogP contribution in [-0.4, -0.2) is 19.1 Å². The summed E-state index contributed by atoms with van der Waals surface area (Å²) in [6, 6.07) is 7.94. The van der Waals surface area contributed by atoms with E-state index in [4.69, 9.17) is 4.74 Å². The second kappa shape index (κ2) is 5.89. The van der Waals surface area contributed by atoms with Crippen molar-refractivity contribution in [2.24, 2.45) is 11.8 Å². The number of amides is 1. The minimum absolute atomic E-state index is 0.0490. The first-order chi connectivity index (χ1) is 8.66. The molecule has 18 heavy (non-hydrogen) atoms. The maximum Gasteiger partial charge on any atom is 0.226 e. The van der Waals surface area contributed by atoms with E-state index in [2.05, 4.69) is 19.2 Å². The monoisotopic (exact) mass is 247 g/mol. The summed E-state index contributed by atoms with van der Waals surface area (Å²) in [6.07, 6.45) is 1.81. The lowest BCUT2D eigenvalue weighted by Gasteiger charge is -2.24. The number of hydrogen-bond donors (Lipinski definition) is 1. The van der Waals surface area contributed by atoms with Gasteiger partial charge in [0.15, 0.2) is 0 Å². The number of nitrogens with one attached hydrogen (secondary N) is 1. The maximum atomic E-state index is 12.0. The van der Waals surface area contributed by atoms with Gasteiger partial charge >= 0.3 is 0 Å². The molecule has 1 N–H and O–H groups in total. The number of rotatable bonds is 4. The fourth-order valence-corrected chi connectivity index (χ4v) is 2.12. The van der Waals surface area contributed by atoms with E-state index >= 15 is 0 Å².